The lowest BCUT2D eigenvalue weighted by molar-refractivity contribution is 0.802. The van der Waals surface area contributed by atoms with Crippen molar-refractivity contribution in [2.75, 3.05) is 0 Å². The van der Waals surface area contributed by atoms with Crippen LogP contribution >= 0.6 is 0 Å². The zero-order valence-electron chi connectivity index (χ0n) is 36.6. The Morgan fingerprint density at radius 3 is 1.33 bits per heavy atom. The highest BCUT2D eigenvalue weighted by Crippen LogP contribution is 2.66. The predicted molar refractivity (Wildman–Crippen MR) is 284 cm³/mol. The van der Waals surface area contributed by atoms with E-state index in [9.17, 15) is 0 Å². The molecule has 1 spiro atoms. The van der Waals surface area contributed by atoms with Crippen molar-refractivity contribution >= 4 is 64.6 Å². The van der Waals surface area contributed by atoms with Gasteiger partial charge in [-0.25, -0.2) is 0 Å². The van der Waals surface area contributed by atoms with E-state index >= 15 is 0 Å². The molecule has 0 amide bonds. The van der Waals surface area contributed by atoms with Gasteiger partial charge in [0.25, 0.3) is 0 Å². The van der Waals surface area contributed by atoms with Crippen LogP contribution in [-0.2, 0) is 5.41 Å². The minimum atomic E-state index is -0.470. The summed E-state index contributed by atoms with van der Waals surface area (Å²) in [5.41, 5.74) is 17.9. The van der Waals surface area contributed by atoms with E-state index in [4.69, 9.17) is 0 Å². The van der Waals surface area contributed by atoms with Gasteiger partial charge in [-0.2, -0.15) is 0 Å². The van der Waals surface area contributed by atoms with Gasteiger partial charge in [-0.05, 0) is 155 Å². The molecule has 0 unspecified atom stereocenters. The van der Waals surface area contributed by atoms with Crippen molar-refractivity contribution in [3.05, 3.63) is 265 Å². The van der Waals surface area contributed by atoms with Gasteiger partial charge in [0.1, 0.15) is 0 Å². The van der Waals surface area contributed by atoms with Crippen molar-refractivity contribution in [2.24, 2.45) is 0 Å². The third-order valence-corrected chi connectivity index (χ3v) is 15.4. The number of benzene rings is 13. The molecular weight excluding hydrogens is 805 g/mol. The summed E-state index contributed by atoms with van der Waals surface area (Å²) in [4.78, 5) is 0. The van der Waals surface area contributed by atoms with Gasteiger partial charge in [0.2, 0.25) is 0 Å². The smallest absolute Gasteiger partial charge is 0.0619 e. The molecule has 0 radical (unpaired) electrons. The molecule has 308 valence electrons. The predicted octanol–water partition coefficient (Wildman–Crippen LogP) is 18.0. The highest BCUT2D eigenvalue weighted by molar-refractivity contribution is 6.24. The first-order chi connectivity index (χ1) is 33.3. The molecule has 67 heavy (non-hydrogen) atoms. The molecule has 0 aromatic heterocycles. The molecule has 0 fully saturated rings. The molecule has 2 aliphatic rings. The highest BCUT2D eigenvalue weighted by atomic mass is 14.5. The molecule has 0 heteroatoms. The van der Waals surface area contributed by atoms with E-state index in [1.54, 1.807) is 0 Å². The molecule has 15 rings (SSSR count). The van der Waals surface area contributed by atoms with Crippen LogP contribution in [0.25, 0.3) is 120 Å². The molecular formula is C67H40. The summed E-state index contributed by atoms with van der Waals surface area (Å²) in [6.45, 7) is 0. The quantitative estimate of drug-likeness (QED) is 0.123. The van der Waals surface area contributed by atoms with Gasteiger partial charge in [-0.3, -0.25) is 0 Å². The Labute approximate surface area is 388 Å². The Morgan fingerprint density at radius 2 is 0.672 bits per heavy atom. The average molecular weight is 845 g/mol. The Morgan fingerprint density at radius 1 is 0.209 bits per heavy atom. The zero-order valence-corrected chi connectivity index (χ0v) is 36.6. The second kappa shape index (κ2) is 13.7. The van der Waals surface area contributed by atoms with E-state index in [0.717, 1.165) is 0 Å². The van der Waals surface area contributed by atoms with E-state index < -0.39 is 5.41 Å². The first-order valence-corrected chi connectivity index (χ1v) is 23.5. The molecule has 0 saturated carbocycles. The summed E-state index contributed by atoms with van der Waals surface area (Å²) < 4.78 is 0. The van der Waals surface area contributed by atoms with Crippen molar-refractivity contribution < 1.29 is 0 Å². The van der Waals surface area contributed by atoms with Crippen LogP contribution in [0.5, 0.6) is 0 Å². The molecule has 2 aliphatic carbocycles. The van der Waals surface area contributed by atoms with Crippen LogP contribution in [0.3, 0.4) is 0 Å². The van der Waals surface area contributed by atoms with Crippen LogP contribution in [0.2, 0.25) is 0 Å². The molecule has 0 atom stereocenters. The van der Waals surface area contributed by atoms with Crippen LogP contribution in [0.1, 0.15) is 22.3 Å². The Kier molecular flexibility index (Phi) is 7.52. The molecule has 13 aromatic rings. The molecule has 0 nitrogen and oxygen atoms in total. The van der Waals surface area contributed by atoms with Crippen LogP contribution in [0, 0.1) is 0 Å². The lowest BCUT2D eigenvalue weighted by Crippen LogP contribution is -2.26. The average Bonchev–Trinajstić information content (AvgIpc) is 3.88. The largest absolute Gasteiger partial charge is 0.0732 e. The van der Waals surface area contributed by atoms with Gasteiger partial charge >= 0.3 is 0 Å². The summed E-state index contributed by atoms with van der Waals surface area (Å²) in [5, 5.41) is 15.4. The summed E-state index contributed by atoms with van der Waals surface area (Å²) in [6, 6.07) is 91.4. The molecule has 0 saturated heterocycles. The maximum atomic E-state index is 2.47. The summed E-state index contributed by atoms with van der Waals surface area (Å²) >= 11 is 0. The van der Waals surface area contributed by atoms with Crippen LogP contribution in [-0.4, -0.2) is 0 Å². The second-order valence-electron chi connectivity index (χ2n) is 18.6. The fourth-order valence-corrected chi connectivity index (χ4v) is 12.7. The van der Waals surface area contributed by atoms with Gasteiger partial charge in [-0.1, -0.05) is 231 Å². The molecule has 0 aliphatic heterocycles. The van der Waals surface area contributed by atoms with Crippen LogP contribution < -0.4 is 0 Å². The maximum absolute atomic E-state index is 2.47. The summed E-state index contributed by atoms with van der Waals surface area (Å²) in [5.74, 6) is 0. The summed E-state index contributed by atoms with van der Waals surface area (Å²) in [6.07, 6.45) is 0. The molecule has 0 N–H and O–H groups in total. The van der Waals surface area contributed by atoms with Crippen LogP contribution in [0.4, 0.5) is 0 Å². The van der Waals surface area contributed by atoms with E-state index in [1.807, 2.05) is 0 Å². The molecule has 0 heterocycles. The topological polar surface area (TPSA) is 0 Å². The van der Waals surface area contributed by atoms with Gasteiger partial charge in [0.05, 0.1) is 5.41 Å². The number of fused-ring (bicyclic) bond motifs is 20. The first kappa shape index (κ1) is 36.7. The number of hydrogen-bond donors (Lipinski definition) is 0. The number of hydrogen-bond acceptors (Lipinski definition) is 0. The van der Waals surface area contributed by atoms with E-state index in [-0.39, 0.29) is 0 Å². The van der Waals surface area contributed by atoms with E-state index in [1.165, 1.54) is 143 Å². The normalized spacial score (nSPS) is 13.2. The highest BCUT2D eigenvalue weighted by Gasteiger charge is 2.53. The van der Waals surface area contributed by atoms with Gasteiger partial charge < -0.3 is 0 Å². The Hall–Kier alpha value is -8.58. The lowest BCUT2D eigenvalue weighted by Gasteiger charge is -2.32. The third kappa shape index (κ3) is 4.92. The van der Waals surface area contributed by atoms with Gasteiger partial charge in [0.15, 0.2) is 0 Å². The van der Waals surface area contributed by atoms with Crippen molar-refractivity contribution in [3.8, 4) is 55.6 Å². The fraction of sp³-hybridized carbons (Fsp3) is 0.0149. The lowest BCUT2D eigenvalue weighted by atomic mass is 9.69. The Bertz CT molecular complexity index is 4160. The summed E-state index contributed by atoms with van der Waals surface area (Å²) in [7, 11) is 0. The third-order valence-electron chi connectivity index (χ3n) is 15.4. The van der Waals surface area contributed by atoms with E-state index in [0.29, 0.717) is 0 Å². The van der Waals surface area contributed by atoms with Crippen molar-refractivity contribution in [2.45, 2.75) is 5.41 Å². The SMILES string of the molecule is c1ccc2c(c1)-c1ccccc1C21c2ccc3ccccc3c2-c2c1c1ccc(-c3ccc(-c4c5ccccc5c(-c5ccc6ccccc6c5)c5ccccc45)cc3)cc1c1ccccc21. The van der Waals surface area contributed by atoms with Crippen molar-refractivity contribution in [3.63, 3.8) is 0 Å². The zero-order chi connectivity index (χ0) is 43.8. The molecule has 13 aromatic carbocycles. The van der Waals surface area contributed by atoms with E-state index in [2.05, 4.69) is 243 Å². The van der Waals surface area contributed by atoms with Crippen molar-refractivity contribution in [1.29, 1.82) is 0 Å². The van der Waals surface area contributed by atoms with Crippen molar-refractivity contribution in [1.82, 2.24) is 0 Å². The second-order valence-corrected chi connectivity index (χ2v) is 18.6. The minimum absolute atomic E-state index is 0.470. The fourth-order valence-electron chi connectivity index (χ4n) is 12.7. The maximum Gasteiger partial charge on any atom is 0.0732 e. The Balaban J connectivity index is 0.944. The standard InChI is InChI=1S/C67H40/c1-2-17-45-39-47(34-31-41(45)15-1)63-55-25-9-7-23-53(55)62(54-24-8-10-26-56(54)63)44-32-29-42(30-33-44)46-35-37-57-58(40-46)49-19-5-6-22-52(49)65-64-48-18-4-3-16-43(48)36-38-61(64)67(66(57)65)59-27-13-11-20-50(59)51-21-12-14-28-60(51)67/h1-40H. The minimum Gasteiger partial charge on any atom is -0.0619 e. The van der Waals surface area contributed by atoms with Crippen LogP contribution in [0.15, 0.2) is 243 Å². The number of rotatable bonds is 3. The van der Waals surface area contributed by atoms with Gasteiger partial charge in [0, 0.05) is 0 Å². The monoisotopic (exact) mass is 844 g/mol. The van der Waals surface area contributed by atoms with Gasteiger partial charge in [-0.15, -0.1) is 0 Å². The molecule has 0 bridgehead atoms. The first-order valence-electron chi connectivity index (χ1n) is 23.5.